The molecule has 7 nitrogen and oxygen atoms in total. The molecule has 0 aliphatic carbocycles. The van der Waals surface area contributed by atoms with Crippen molar-refractivity contribution < 1.29 is 19.4 Å². The Labute approximate surface area is 97.8 Å². The number of anilines is 1. The van der Waals surface area contributed by atoms with Crippen molar-refractivity contribution in [2.24, 2.45) is 0 Å². The zero-order chi connectivity index (χ0) is 13.1. The van der Waals surface area contributed by atoms with Crippen molar-refractivity contribution in [3.05, 3.63) is 18.1 Å². The van der Waals surface area contributed by atoms with Gasteiger partial charge in [0.05, 0.1) is 12.4 Å². The van der Waals surface area contributed by atoms with Crippen molar-refractivity contribution in [1.82, 2.24) is 9.97 Å². The molecule has 0 radical (unpaired) electrons. The molecule has 0 saturated carbocycles. The predicted octanol–water partition coefficient (Wildman–Crippen LogP) is 1.52. The second-order valence-electron chi connectivity index (χ2n) is 4.22. The topological polar surface area (TPSA) is 101 Å². The smallest absolute Gasteiger partial charge is 0.413 e. The number of rotatable bonds is 2. The van der Waals surface area contributed by atoms with Gasteiger partial charge in [-0.05, 0) is 20.8 Å². The van der Waals surface area contributed by atoms with Crippen LogP contribution in [0.4, 0.5) is 10.6 Å². The highest BCUT2D eigenvalue weighted by molar-refractivity contribution is 5.86. The summed E-state index contributed by atoms with van der Waals surface area (Å²) in [6.07, 6.45) is 1.53. The van der Waals surface area contributed by atoms with E-state index in [0.717, 1.165) is 12.4 Å². The summed E-state index contributed by atoms with van der Waals surface area (Å²) in [5, 5.41) is 10.9. The van der Waals surface area contributed by atoms with Gasteiger partial charge >= 0.3 is 12.1 Å². The number of hydrogen-bond donors (Lipinski definition) is 2. The summed E-state index contributed by atoms with van der Waals surface area (Å²) in [6, 6.07) is 0. The van der Waals surface area contributed by atoms with Crippen molar-refractivity contribution in [2.45, 2.75) is 26.4 Å². The van der Waals surface area contributed by atoms with Crippen LogP contribution in [0.1, 0.15) is 31.3 Å². The van der Waals surface area contributed by atoms with Gasteiger partial charge in [-0.1, -0.05) is 0 Å². The van der Waals surface area contributed by atoms with Gasteiger partial charge in [0.15, 0.2) is 11.5 Å². The molecule has 17 heavy (non-hydrogen) atoms. The lowest BCUT2D eigenvalue weighted by Gasteiger charge is -2.19. The first-order chi connectivity index (χ1) is 7.78. The summed E-state index contributed by atoms with van der Waals surface area (Å²) >= 11 is 0. The monoisotopic (exact) mass is 239 g/mol. The largest absolute Gasteiger partial charge is 0.476 e. The summed E-state index contributed by atoms with van der Waals surface area (Å²) in [5.74, 6) is -1.05. The minimum Gasteiger partial charge on any atom is -0.476 e. The molecule has 0 bridgehead atoms. The SMILES string of the molecule is CC(C)(C)OC(=O)Nc1cnc(C(=O)O)cn1. The van der Waals surface area contributed by atoms with E-state index >= 15 is 0 Å². The van der Waals surface area contributed by atoms with Crippen LogP contribution in [-0.4, -0.2) is 32.7 Å². The highest BCUT2D eigenvalue weighted by Crippen LogP contribution is 2.09. The number of hydrogen-bond acceptors (Lipinski definition) is 5. The Hall–Kier alpha value is -2.18. The molecule has 1 heterocycles. The standard InChI is InChI=1S/C10H13N3O4/c1-10(2,3)17-9(16)13-7-5-11-6(4-12-7)8(14)15/h4-5H,1-3H3,(H,14,15)(H,12,13,16). The normalized spacial score (nSPS) is 10.8. The first-order valence-corrected chi connectivity index (χ1v) is 4.83. The predicted molar refractivity (Wildman–Crippen MR) is 58.8 cm³/mol. The van der Waals surface area contributed by atoms with E-state index in [4.69, 9.17) is 9.84 Å². The lowest BCUT2D eigenvalue weighted by atomic mass is 10.2. The fourth-order valence-corrected chi connectivity index (χ4v) is 0.911. The molecule has 0 fully saturated rings. The maximum absolute atomic E-state index is 11.3. The fraction of sp³-hybridized carbons (Fsp3) is 0.400. The Balaban J connectivity index is 2.64. The van der Waals surface area contributed by atoms with Crippen molar-refractivity contribution in [2.75, 3.05) is 5.32 Å². The van der Waals surface area contributed by atoms with E-state index in [9.17, 15) is 9.59 Å². The summed E-state index contributed by atoms with van der Waals surface area (Å²) < 4.78 is 4.99. The van der Waals surface area contributed by atoms with Gasteiger partial charge in [-0.25, -0.2) is 19.6 Å². The van der Waals surface area contributed by atoms with Gasteiger partial charge in [-0.3, -0.25) is 5.32 Å². The Bertz CT molecular complexity index is 422. The van der Waals surface area contributed by atoms with Crippen LogP contribution in [0.5, 0.6) is 0 Å². The Morgan fingerprint density at radius 1 is 1.29 bits per heavy atom. The van der Waals surface area contributed by atoms with Gasteiger partial charge in [0.25, 0.3) is 0 Å². The zero-order valence-corrected chi connectivity index (χ0v) is 9.72. The van der Waals surface area contributed by atoms with Crippen LogP contribution < -0.4 is 5.32 Å². The van der Waals surface area contributed by atoms with Gasteiger partial charge in [0, 0.05) is 0 Å². The molecule has 0 atom stereocenters. The summed E-state index contributed by atoms with van der Waals surface area (Å²) in [5.41, 5.74) is -0.807. The second kappa shape index (κ2) is 4.77. The maximum Gasteiger partial charge on any atom is 0.413 e. The van der Waals surface area contributed by atoms with Crippen molar-refractivity contribution in [3.63, 3.8) is 0 Å². The molecular weight excluding hydrogens is 226 g/mol. The number of nitrogens with one attached hydrogen (secondary N) is 1. The van der Waals surface area contributed by atoms with E-state index < -0.39 is 17.7 Å². The Morgan fingerprint density at radius 2 is 1.94 bits per heavy atom. The number of amides is 1. The van der Waals surface area contributed by atoms with Crippen LogP contribution in [0.3, 0.4) is 0 Å². The third-order valence-electron chi connectivity index (χ3n) is 1.50. The van der Waals surface area contributed by atoms with Crippen LogP contribution in [-0.2, 0) is 4.74 Å². The van der Waals surface area contributed by atoms with Crippen LogP contribution in [0, 0.1) is 0 Å². The molecule has 1 aromatic heterocycles. The van der Waals surface area contributed by atoms with Crippen molar-refractivity contribution in [3.8, 4) is 0 Å². The van der Waals surface area contributed by atoms with Crippen LogP contribution in [0.25, 0.3) is 0 Å². The summed E-state index contributed by atoms with van der Waals surface area (Å²) in [4.78, 5) is 29.1. The number of aromatic carboxylic acids is 1. The fourth-order valence-electron chi connectivity index (χ4n) is 0.911. The molecule has 2 N–H and O–H groups in total. The number of aromatic nitrogens is 2. The number of carboxylic acid groups (broad SMARTS) is 1. The molecule has 0 aliphatic rings. The number of ether oxygens (including phenoxy) is 1. The molecule has 0 aliphatic heterocycles. The van der Waals surface area contributed by atoms with Crippen LogP contribution in [0.2, 0.25) is 0 Å². The average Bonchev–Trinajstić information content (AvgIpc) is 2.15. The lowest BCUT2D eigenvalue weighted by Crippen LogP contribution is -2.27. The maximum atomic E-state index is 11.3. The van der Waals surface area contributed by atoms with Gasteiger partial charge in [0.1, 0.15) is 5.60 Å². The van der Waals surface area contributed by atoms with Gasteiger partial charge in [-0.15, -0.1) is 0 Å². The quantitative estimate of drug-likeness (QED) is 0.811. The Kier molecular flexibility index (Phi) is 3.62. The van der Waals surface area contributed by atoms with Crippen LogP contribution >= 0.6 is 0 Å². The van der Waals surface area contributed by atoms with E-state index in [1.807, 2.05) is 0 Å². The summed E-state index contributed by atoms with van der Waals surface area (Å²) in [7, 11) is 0. The average molecular weight is 239 g/mol. The molecule has 0 aromatic carbocycles. The highest BCUT2D eigenvalue weighted by atomic mass is 16.6. The molecule has 92 valence electrons. The van der Waals surface area contributed by atoms with E-state index in [-0.39, 0.29) is 11.5 Å². The second-order valence-corrected chi connectivity index (χ2v) is 4.22. The third-order valence-corrected chi connectivity index (χ3v) is 1.50. The molecule has 1 aromatic rings. The van der Waals surface area contributed by atoms with Gasteiger partial charge in [0.2, 0.25) is 0 Å². The molecule has 1 rings (SSSR count). The lowest BCUT2D eigenvalue weighted by molar-refractivity contribution is 0.0634. The molecular formula is C10H13N3O4. The number of nitrogens with zero attached hydrogens (tertiary/aromatic N) is 2. The van der Waals surface area contributed by atoms with Crippen LogP contribution in [0.15, 0.2) is 12.4 Å². The van der Waals surface area contributed by atoms with E-state index in [1.54, 1.807) is 20.8 Å². The molecule has 0 spiro atoms. The number of carbonyl (C=O) groups is 2. The first kappa shape index (κ1) is 12.9. The minimum atomic E-state index is -1.18. The number of carbonyl (C=O) groups excluding carboxylic acids is 1. The summed E-state index contributed by atoms with van der Waals surface area (Å²) in [6.45, 7) is 5.18. The zero-order valence-electron chi connectivity index (χ0n) is 9.72. The van der Waals surface area contributed by atoms with Gasteiger partial charge in [-0.2, -0.15) is 0 Å². The molecule has 7 heteroatoms. The molecule has 1 amide bonds. The van der Waals surface area contributed by atoms with Gasteiger partial charge < -0.3 is 9.84 Å². The minimum absolute atomic E-state index is 0.129. The Morgan fingerprint density at radius 3 is 2.35 bits per heavy atom. The van der Waals surface area contributed by atoms with E-state index in [0.29, 0.717) is 0 Å². The highest BCUT2D eigenvalue weighted by Gasteiger charge is 2.16. The number of carboxylic acids is 1. The van der Waals surface area contributed by atoms with Crippen molar-refractivity contribution in [1.29, 1.82) is 0 Å². The first-order valence-electron chi connectivity index (χ1n) is 4.83. The third kappa shape index (κ3) is 4.45. The molecule has 0 unspecified atom stereocenters. The van der Waals surface area contributed by atoms with Crippen molar-refractivity contribution >= 4 is 17.9 Å². The molecule has 0 saturated heterocycles. The van der Waals surface area contributed by atoms with E-state index in [2.05, 4.69) is 15.3 Å². The van der Waals surface area contributed by atoms with E-state index in [1.165, 1.54) is 0 Å².